The van der Waals surface area contributed by atoms with Crippen molar-refractivity contribution in [3.05, 3.63) is 17.2 Å². The number of rotatable bonds is 13. The average Bonchev–Trinajstić information content (AvgIpc) is 2.56. The molecule has 3 nitrogen and oxygen atoms in total. The Bertz CT molecular complexity index is 296. The maximum absolute atomic E-state index is 10.5. The van der Waals surface area contributed by atoms with Crippen molar-refractivity contribution in [1.82, 2.24) is 4.90 Å². The first-order valence-electron chi connectivity index (χ1n) is 9.52. The monoisotopic (exact) mass is 308 g/mol. The molecule has 0 aromatic heterocycles. The van der Waals surface area contributed by atoms with Gasteiger partial charge < -0.3 is 4.90 Å². The van der Waals surface area contributed by atoms with Gasteiger partial charge in [-0.2, -0.15) is 0 Å². The third-order valence-corrected chi connectivity index (χ3v) is 5.00. The topological polar surface area (TPSA) is 32.7 Å². The maximum Gasteiger partial charge on any atom is 0.0809 e. The van der Waals surface area contributed by atoms with Gasteiger partial charge in [-0.05, 0) is 44.1 Å². The van der Waals surface area contributed by atoms with Crippen LogP contribution in [0.1, 0.15) is 84.0 Å². The first-order valence-corrected chi connectivity index (χ1v) is 9.52. The molecule has 0 aromatic rings. The van der Waals surface area contributed by atoms with Gasteiger partial charge in [-0.1, -0.05) is 71.3 Å². The molecule has 0 saturated carbocycles. The SMILES string of the molecule is C=C(N=O)C1CCN(CCCCCCCCCCCC)CC1. The second-order valence-corrected chi connectivity index (χ2v) is 6.88. The van der Waals surface area contributed by atoms with Crippen LogP contribution >= 0.6 is 0 Å². The van der Waals surface area contributed by atoms with Crippen molar-refractivity contribution in [3.63, 3.8) is 0 Å². The van der Waals surface area contributed by atoms with Crippen LogP contribution in [0.2, 0.25) is 0 Å². The zero-order chi connectivity index (χ0) is 16.0. The van der Waals surface area contributed by atoms with Crippen LogP contribution in [0.4, 0.5) is 0 Å². The van der Waals surface area contributed by atoms with Gasteiger partial charge in [0.05, 0.1) is 5.70 Å². The van der Waals surface area contributed by atoms with E-state index >= 15 is 0 Å². The maximum atomic E-state index is 10.5. The van der Waals surface area contributed by atoms with Crippen LogP contribution in [0.3, 0.4) is 0 Å². The number of allylic oxidation sites excluding steroid dienone is 1. The van der Waals surface area contributed by atoms with Gasteiger partial charge in [-0.15, -0.1) is 4.91 Å². The molecule has 0 N–H and O–H groups in total. The smallest absolute Gasteiger partial charge is 0.0809 e. The third-order valence-electron chi connectivity index (χ3n) is 5.00. The third kappa shape index (κ3) is 8.67. The molecular weight excluding hydrogens is 272 g/mol. The zero-order valence-electron chi connectivity index (χ0n) is 14.7. The van der Waals surface area contributed by atoms with E-state index in [1.54, 1.807) is 0 Å². The lowest BCUT2D eigenvalue weighted by Gasteiger charge is -2.31. The first-order chi connectivity index (χ1) is 10.8. The van der Waals surface area contributed by atoms with E-state index in [9.17, 15) is 4.91 Å². The van der Waals surface area contributed by atoms with E-state index in [1.165, 1.54) is 70.8 Å². The quantitative estimate of drug-likeness (QED) is 0.313. The lowest BCUT2D eigenvalue weighted by atomic mass is 9.94. The number of nitrogens with zero attached hydrogens (tertiary/aromatic N) is 2. The molecular formula is C19H36N2O. The van der Waals surface area contributed by atoms with E-state index in [4.69, 9.17) is 0 Å². The molecule has 0 radical (unpaired) electrons. The first kappa shape index (κ1) is 19.3. The van der Waals surface area contributed by atoms with Crippen molar-refractivity contribution in [2.24, 2.45) is 11.1 Å². The second-order valence-electron chi connectivity index (χ2n) is 6.88. The highest BCUT2D eigenvalue weighted by atomic mass is 16.3. The van der Waals surface area contributed by atoms with Gasteiger partial charge >= 0.3 is 0 Å². The molecule has 0 unspecified atom stereocenters. The Morgan fingerprint density at radius 1 is 0.955 bits per heavy atom. The molecule has 22 heavy (non-hydrogen) atoms. The van der Waals surface area contributed by atoms with Crippen molar-refractivity contribution in [2.75, 3.05) is 19.6 Å². The molecule has 1 fully saturated rings. The highest BCUT2D eigenvalue weighted by Gasteiger charge is 2.21. The Kier molecular flexibility index (Phi) is 11.3. The van der Waals surface area contributed by atoms with Gasteiger partial charge in [0.15, 0.2) is 0 Å². The Balaban J connectivity index is 1.87. The van der Waals surface area contributed by atoms with Gasteiger partial charge in [-0.25, -0.2) is 0 Å². The summed E-state index contributed by atoms with van der Waals surface area (Å²) in [6, 6.07) is 0. The summed E-state index contributed by atoms with van der Waals surface area (Å²) in [4.78, 5) is 13.0. The number of hydrogen-bond acceptors (Lipinski definition) is 3. The largest absolute Gasteiger partial charge is 0.303 e. The van der Waals surface area contributed by atoms with E-state index in [2.05, 4.69) is 23.6 Å². The average molecular weight is 309 g/mol. The van der Waals surface area contributed by atoms with Crippen LogP contribution in [0.5, 0.6) is 0 Å². The molecule has 3 heteroatoms. The van der Waals surface area contributed by atoms with Gasteiger partial charge in [0.1, 0.15) is 0 Å². The lowest BCUT2D eigenvalue weighted by molar-refractivity contribution is 0.194. The van der Waals surface area contributed by atoms with Crippen molar-refractivity contribution in [3.8, 4) is 0 Å². The second kappa shape index (κ2) is 12.8. The summed E-state index contributed by atoms with van der Waals surface area (Å²) in [6.07, 6.45) is 16.1. The Morgan fingerprint density at radius 3 is 1.95 bits per heavy atom. The summed E-state index contributed by atoms with van der Waals surface area (Å²) in [5.41, 5.74) is 0.554. The van der Waals surface area contributed by atoms with E-state index < -0.39 is 0 Å². The summed E-state index contributed by atoms with van der Waals surface area (Å²) >= 11 is 0. The van der Waals surface area contributed by atoms with Gasteiger partial charge in [0.25, 0.3) is 0 Å². The summed E-state index contributed by atoms with van der Waals surface area (Å²) in [5.74, 6) is 0.335. The summed E-state index contributed by atoms with van der Waals surface area (Å²) in [5, 5.41) is 3.00. The van der Waals surface area contributed by atoms with Crippen LogP contribution in [-0.2, 0) is 0 Å². The van der Waals surface area contributed by atoms with Crippen molar-refractivity contribution >= 4 is 0 Å². The molecule has 0 aliphatic carbocycles. The van der Waals surface area contributed by atoms with Gasteiger partial charge in [0, 0.05) is 5.92 Å². The van der Waals surface area contributed by atoms with Crippen molar-refractivity contribution < 1.29 is 0 Å². The molecule has 0 spiro atoms. The number of nitroso groups, excluding NO2 is 1. The summed E-state index contributed by atoms with van der Waals surface area (Å²) in [6.45, 7) is 9.47. The molecule has 1 saturated heterocycles. The van der Waals surface area contributed by atoms with Crippen LogP contribution in [0, 0.1) is 10.8 Å². The predicted molar refractivity (Wildman–Crippen MR) is 95.9 cm³/mol. The van der Waals surface area contributed by atoms with E-state index in [0.717, 1.165) is 25.9 Å². The number of hydrogen-bond donors (Lipinski definition) is 0. The fraction of sp³-hybridized carbons (Fsp3) is 0.895. The molecule has 0 atom stereocenters. The fourth-order valence-corrected chi connectivity index (χ4v) is 3.39. The van der Waals surface area contributed by atoms with Gasteiger partial charge in [-0.3, -0.25) is 0 Å². The van der Waals surface area contributed by atoms with Crippen molar-refractivity contribution in [1.29, 1.82) is 0 Å². The molecule has 1 rings (SSSR count). The van der Waals surface area contributed by atoms with Gasteiger partial charge in [0.2, 0.25) is 0 Å². The Morgan fingerprint density at radius 2 is 1.45 bits per heavy atom. The standard InChI is InChI=1S/C19H36N2O/c1-3-4-5-6-7-8-9-10-11-12-15-21-16-13-19(14-17-21)18(2)20-22/h19H,2-17H2,1H3. The van der Waals surface area contributed by atoms with E-state index in [1.807, 2.05) is 0 Å². The molecule has 0 bridgehead atoms. The van der Waals surface area contributed by atoms with Crippen LogP contribution in [0.25, 0.3) is 0 Å². The highest BCUT2D eigenvalue weighted by molar-refractivity contribution is 4.99. The molecule has 1 aliphatic rings. The summed E-state index contributed by atoms with van der Waals surface area (Å²) in [7, 11) is 0. The minimum Gasteiger partial charge on any atom is -0.303 e. The van der Waals surface area contributed by atoms with Crippen LogP contribution in [0.15, 0.2) is 17.5 Å². The molecule has 1 aliphatic heterocycles. The Labute approximate surface area is 137 Å². The molecule has 1 heterocycles. The molecule has 0 aromatic carbocycles. The Hall–Kier alpha value is -0.700. The predicted octanol–water partition coefficient (Wildman–Crippen LogP) is 5.90. The van der Waals surface area contributed by atoms with Crippen LogP contribution < -0.4 is 0 Å². The molecule has 128 valence electrons. The van der Waals surface area contributed by atoms with E-state index in [-0.39, 0.29) is 0 Å². The number of piperidine rings is 1. The number of likely N-dealkylation sites (tertiary alicyclic amines) is 1. The lowest BCUT2D eigenvalue weighted by Crippen LogP contribution is -2.34. The van der Waals surface area contributed by atoms with Crippen LogP contribution in [-0.4, -0.2) is 24.5 Å². The zero-order valence-corrected chi connectivity index (χ0v) is 14.7. The minimum atomic E-state index is 0.335. The fourth-order valence-electron chi connectivity index (χ4n) is 3.39. The summed E-state index contributed by atoms with van der Waals surface area (Å²) < 4.78 is 0. The van der Waals surface area contributed by atoms with E-state index in [0.29, 0.717) is 11.6 Å². The highest BCUT2D eigenvalue weighted by Crippen LogP contribution is 2.24. The normalized spacial score (nSPS) is 16.8. The molecule has 0 amide bonds. The number of unbranched alkanes of at least 4 members (excludes halogenated alkanes) is 9. The van der Waals surface area contributed by atoms with Crippen molar-refractivity contribution in [2.45, 2.75) is 84.0 Å². The minimum absolute atomic E-state index is 0.335.